The van der Waals surface area contributed by atoms with Crippen molar-refractivity contribution in [1.29, 1.82) is 0 Å². The molecule has 1 amide bonds. The SMILES string of the molecule is O=C(O)[C@H]1COCCN1C(=O)[C@@H]1CCCc2ccccc21. The summed E-state index contributed by atoms with van der Waals surface area (Å²) in [5.74, 6) is -1.28. The highest BCUT2D eigenvalue weighted by molar-refractivity contribution is 5.89. The third-order valence-electron chi connectivity index (χ3n) is 4.36. The molecule has 21 heavy (non-hydrogen) atoms. The Hall–Kier alpha value is -1.88. The van der Waals surface area contributed by atoms with Crippen LogP contribution in [0.15, 0.2) is 24.3 Å². The van der Waals surface area contributed by atoms with Crippen LogP contribution in [-0.2, 0) is 20.7 Å². The maximum absolute atomic E-state index is 12.8. The molecule has 1 heterocycles. The maximum atomic E-state index is 12.8. The molecule has 0 unspecified atom stereocenters. The largest absolute Gasteiger partial charge is 0.480 e. The van der Waals surface area contributed by atoms with Gasteiger partial charge in [0.15, 0.2) is 6.04 Å². The zero-order valence-corrected chi connectivity index (χ0v) is 11.8. The highest BCUT2D eigenvalue weighted by Crippen LogP contribution is 2.33. The van der Waals surface area contributed by atoms with E-state index in [9.17, 15) is 14.7 Å². The normalized spacial score (nSPS) is 25.2. The summed E-state index contributed by atoms with van der Waals surface area (Å²) in [6, 6.07) is 7.12. The number of rotatable bonds is 2. The Balaban J connectivity index is 1.86. The van der Waals surface area contributed by atoms with Gasteiger partial charge in [-0.3, -0.25) is 4.79 Å². The number of ether oxygens (including phenoxy) is 1. The van der Waals surface area contributed by atoms with Crippen LogP contribution in [-0.4, -0.2) is 47.7 Å². The van der Waals surface area contributed by atoms with Crippen molar-refractivity contribution in [2.45, 2.75) is 31.2 Å². The first-order valence-electron chi connectivity index (χ1n) is 7.37. The Morgan fingerprint density at radius 2 is 2.10 bits per heavy atom. The van der Waals surface area contributed by atoms with Gasteiger partial charge in [-0.15, -0.1) is 0 Å². The van der Waals surface area contributed by atoms with Gasteiger partial charge in [0.2, 0.25) is 5.91 Å². The Morgan fingerprint density at radius 1 is 1.29 bits per heavy atom. The molecule has 1 aromatic carbocycles. The monoisotopic (exact) mass is 289 g/mol. The number of carboxylic acids is 1. The van der Waals surface area contributed by atoms with Crippen molar-refractivity contribution in [1.82, 2.24) is 4.90 Å². The van der Waals surface area contributed by atoms with Crippen molar-refractivity contribution in [3.8, 4) is 0 Å². The van der Waals surface area contributed by atoms with Gasteiger partial charge in [0.25, 0.3) is 0 Å². The molecule has 2 atom stereocenters. The van der Waals surface area contributed by atoms with Gasteiger partial charge < -0.3 is 14.7 Å². The standard InChI is InChI=1S/C16H19NO4/c18-15(17-8-9-21-10-14(17)16(19)20)13-7-3-5-11-4-1-2-6-12(11)13/h1-2,4,6,13-14H,3,5,7-10H2,(H,19,20)/t13-,14-/m1/s1. The summed E-state index contributed by atoms with van der Waals surface area (Å²) in [6.07, 6.45) is 2.75. The van der Waals surface area contributed by atoms with Crippen LogP contribution >= 0.6 is 0 Å². The minimum Gasteiger partial charge on any atom is -0.480 e. The molecule has 1 saturated heterocycles. The fraction of sp³-hybridized carbons (Fsp3) is 0.500. The molecule has 0 bridgehead atoms. The maximum Gasteiger partial charge on any atom is 0.328 e. The number of benzene rings is 1. The van der Waals surface area contributed by atoms with E-state index in [2.05, 4.69) is 6.07 Å². The van der Waals surface area contributed by atoms with E-state index >= 15 is 0 Å². The summed E-state index contributed by atoms with van der Waals surface area (Å²) in [4.78, 5) is 25.6. The lowest BCUT2D eigenvalue weighted by Crippen LogP contribution is -2.54. The number of carbonyl (C=O) groups is 2. The summed E-state index contributed by atoms with van der Waals surface area (Å²) in [6.45, 7) is 0.841. The van der Waals surface area contributed by atoms with Crippen LogP contribution in [0.5, 0.6) is 0 Å². The minimum atomic E-state index is -0.993. The molecule has 2 aliphatic rings. The van der Waals surface area contributed by atoms with Crippen molar-refractivity contribution < 1.29 is 19.4 Å². The van der Waals surface area contributed by atoms with E-state index in [1.54, 1.807) is 0 Å². The minimum absolute atomic E-state index is 0.0714. The predicted octanol–water partition coefficient (Wildman–Crippen LogP) is 1.42. The molecule has 1 aliphatic carbocycles. The number of amides is 1. The molecule has 1 aliphatic heterocycles. The van der Waals surface area contributed by atoms with Gasteiger partial charge in [-0.2, -0.15) is 0 Å². The summed E-state index contributed by atoms with van der Waals surface area (Å²) in [5, 5.41) is 9.28. The smallest absolute Gasteiger partial charge is 0.328 e. The molecule has 0 aromatic heterocycles. The van der Waals surface area contributed by atoms with Gasteiger partial charge >= 0.3 is 5.97 Å². The third kappa shape index (κ3) is 2.65. The number of fused-ring (bicyclic) bond motifs is 1. The fourth-order valence-electron chi connectivity index (χ4n) is 3.28. The van der Waals surface area contributed by atoms with Crippen LogP contribution in [0, 0.1) is 0 Å². The Labute approximate surface area is 123 Å². The molecule has 1 N–H and O–H groups in total. The lowest BCUT2D eigenvalue weighted by molar-refractivity contribution is -0.159. The molecule has 112 valence electrons. The molecule has 0 radical (unpaired) electrons. The van der Waals surface area contributed by atoms with Crippen molar-refractivity contribution in [2.24, 2.45) is 0 Å². The second kappa shape index (κ2) is 5.85. The molecule has 5 heteroatoms. The molecule has 1 fully saturated rings. The first-order chi connectivity index (χ1) is 10.2. The molecular formula is C16H19NO4. The van der Waals surface area contributed by atoms with Gasteiger partial charge in [-0.05, 0) is 30.4 Å². The molecule has 5 nitrogen and oxygen atoms in total. The number of carbonyl (C=O) groups excluding carboxylic acids is 1. The van der Waals surface area contributed by atoms with Gasteiger partial charge in [0, 0.05) is 6.54 Å². The van der Waals surface area contributed by atoms with Crippen LogP contribution in [0.1, 0.15) is 29.9 Å². The Kier molecular flexibility index (Phi) is 3.92. The summed E-state index contributed by atoms with van der Waals surface area (Å²) in [5.41, 5.74) is 2.27. The van der Waals surface area contributed by atoms with Crippen LogP contribution in [0.3, 0.4) is 0 Å². The second-order valence-corrected chi connectivity index (χ2v) is 5.60. The van der Waals surface area contributed by atoms with Crippen LogP contribution in [0.2, 0.25) is 0 Å². The van der Waals surface area contributed by atoms with E-state index in [0.717, 1.165) is 24.8 Å². The number of nitrogens with zero attached hydrogens (tertiary/aromatic N) is 1. The van der Waals surface area contributed by atoms with Gasteiger partial charge in [-0.25, -0.2) is 4.79 Å². The number of hydrogen-bond acceptors (Lipinski definition) is 3. The highest BCUT2D eigenvalue weighted by Gasteiger charge is 2.37. The molecule has 0 saturated carbocycles. The van der Waals surface area contributed by atoms with Crippen molar-refractivity contribution >= 4 is 11.9 Å². The number of carboxylic acid groups (broad SMARTS) is 1. The molecule has 0 spiro atoms. The van der Waals surface area contributed by atoms with E-state index in [-0.39, 0.29) is 18.4 Å². The third-order valence-corrected chi connectivity index (χ3v) is 4.36. The first kappa shape index (κ1) is 14.1. The topological polar surface area (TPSA) is 66.8 Å². The van der Waals surface area contributed by atoms with Crippen molar-refractivity contribution in [3.05, 3.63) is 35.4 Å². The molecule has 1 aromatic rings. The predicted molar refractivity (Wildman–Crippen MR) is 76.1 cm³/mol. The number of morpholine rings is 1. The highest BCUT2D eigenvalue weighted by atomic mass is 16.5. The van der Waals surface area contributed by atoms with Crippen molar-refractivity contribution in [3.63, 3.8) is 0 Å². The number of aryl methyl sites for hydroxylation is 1. The van der Waals surface area contributed by atoms with Gasteiger partial charge in [0.1, 0.15) is 0 Å². The van der Waals surface area contributed by atoms with E-state index in [1.165, 1.54) is 10.5 Å². The summed E-state index contributed by atoms with van der Waals surface area (Å²) >= 11 is 0. The Bertz CT molecular complexity index is 557. The molecular weight excluding hydrogens is 270 g/mol. The average molecular weight is 289 g/mol. The Morgan fingerprint density at radius 3 is 2.90 bits per heavy atom. The number of aliphatic carboxylic acids is 1. The van der Waals surface area contributed by atoms with Gasteiger partial charge in [0.05, 0.1) is 19.1 Å². The van der Waals surface area contributed by atoms with E-state index in [0.29, 0.717) is 13.2 Å². The molecule has 3 rings (SSSR count). The zero-order chi connectivity index (χ0) is 14.8. The van der Waals surface area contributed by atoms with Crippen LogP contribution in [0.25, 0.3) is 0 Å². The van der Waals surface area contributed by atoms with E-state index in [4.69, 9.17) is 4.74 Å². The second-order valence-electron chi connectivity index (χ2n) is 5.60. The average Bonchev–Trinajstić information content (AvgIpc) is 2.53. The van der Waals surface area contributed by atoms with Gasteiger partial charge in [-0.1, -0.05) is 24.3 Å². The number of hydrogen-bond donors (Lipinski definition) is 1. The van der Waals surface area contributed by atoms with Crippen LogP contribution in [0.4, 0.5) is 0 Å². The first-order valence-corrected chi connectivity index (χ1v) is 7.37. The van der Waals surface area contributed by atoms with E-state index in [1.807, 2.05) is 18.2 Å². The van der Waals surface area contributed by atoms with Crippen LogP contribution < -0.4 is 0 Å². The van der Waals surface area contributed by atoms with E-state index < -0.39 is 12.0 Å². The zero-order valence-electron chi connectivity index (χ0n) is 11.8. The quantitative estimate of drug-likeness (QED) is 0.894. The fourth-order valence-corrected chi connectivity index (χ4v) is 3.28. The lowest BCUT2D eigenvalue weighted by Gasteiger charge is -2.36. The lowest BCUT2D eigenvalue weighted by atomic mass is 9.82. The summed E-state index contributed by atoms with van der Waals surface area (Å²) < 4.78 is 5.21. The van der Waals surface area contributed by atoms with Crippen molar-refractivity contribution in [2.75, 3.05) is 19.8 Å². The summed E-state index contributed by atoms with van der Waals surface area (Å²) in [7, 11) is 0.